The summed E-state index contributed by atoms with van der Waals surface area (Å²) >= 11 is 0. The van der Waals surface area contributed by atoms with Crippen LogP contribution in [0.4, 0.5) is 15.9 Å². The first kappa shape index (κ1) is 26.4. The molecule has 6 rings (SSSR count). The Kier molecular flexibility index (Phi) is 7.46. The number of nitrogens with zero attached hydrogens (tertiary/aromatic N) is 4. The number of nitrogens with one attached hydrogen (secondary N) is 2. The first-order valence-corrected chi connectivity index (χ1v) is 13.7. The van der Waals surface area contributed by atoms with E-state index in [1.165, 1.54) is 12.1 Å². The maximum Gasteiger partial charge on any atom is 0.254 e. The molecule has 1 amide bonds. The number of fused-ring (bicyclic) bond motifs is 2. The summed E-state index contributed by atoms with van der Waals surface area (Å²) in [5, 5.41) is 6.37. The molecule has 5 heterocycles. The van der Waals surface area contributed by atoms with Crippen LogP contribution < -0.4 is 10.6 Å². The minimum Gasteiger partial charge on any atom is -0.381 e. The van der Waals surface area contributed by atoms with E-state index in [-0.39, 0.29) is 17.8 Å². The summed E-state index contributed by atoms with van der Waals surface area (Å²) in [5.74, 6) is 0.193. The van der Waals surface area contributed by atoms with Crippen molar-refractivity contribution in [1.29, 1.82) is 0 Å². The molecule has 1 fully saturated rings. The second-order valence-corrected chi connectivity index (χ2v) is 10.2. The number of anilines is 2. The van der Waals surface area contributed by atoms with Crippen LogP contribution >= 0.6 is 0 Å². The average Bonchev–Trinajstić information content (AvgIpc) is 3.69. The van der Waals surface area contributed by atoms with Crippen LogP contribution in [0.1, 0.15) is 40.5 Å². The summed E-state index contributed by atoms with van der Waals surface area (Å²) in [5.41, 5.74) is 6.49. The van der Waals surface area contributed by atoms with Gasteiger partial charge in [0.2, 0.25) is 0 Å². The van der Waals surface area contributed by atoms with Crippen LogP contribution in [0.2, 0.25) is 0 Å². The second-order valence-electron chi connectivity index (χ2n) is 10.2. The molecule has 208 valence electrons. The third-order valence-electron chi connectivity index (χ3n) is 7.70. The number of halogens is 1. The van der Waals surface area contributed by atoms with Crippen molar-refractivity contribution in [3.05, 3.63) is 77.0 Å². The SMILES string of the molecule is CCOCCc1ccc(Nc2ccc(-c3cnc4cc(F)ccn34)c3c2C(=O)NC3)nc1CN1CC[C@H](OC)C1. The average molecular weight is 545 g/mol. The van der Waals surface area contributed by atoms with Gasteiger partial charge in [-0.2, -0.15) is 0 Å². The molecular formula is C30H33FN6O3. The van der Waals surface area contributed by atoms with Crippen molar-refractivity contribution in [2.45, 2.75) is 39.0 Å². The fraction of sp³-hybridized carbons (Fsp3) is 0.367. The summed E-state index contributed by atoms with van der Waals surface area (Å²) in [6, 6.07) is 10.7. The summed E-state index contributed by atoms with van der Waals surface area (Å²) in [6.07, 6.45) is 5.41. The van der Waals surface area contributed by atoms with Gasteiger partial charge in [0.15, 0.2) is 0 Å². The minimum absolute atomic E-state index is 0.143. The van der Waals surface area contributed by atoms with Gasteiger partial charge in [0.1, 0.15) is 17.3 Å². The lowest BCUT2D eigenvalue weighted by Crippen LogP contribution is -2.24. The van der Waals surface area contributed by atoms with Crippen LogP contribution in [0.3, 0.4) is 0 Å². The Morgan fingerprint density at radius 1 is 1.23 bits per heavy atom. The zero-order chi connectivity index (χ0) is 27.6. The molecule has 4 aromatic rings. The van der Waals surface area contributed by atoms with Gasteiger partial charge in [0.25, 0.3) is 5.91 Å². The molecule has 1 aromatic carbocycles. The van der Waals surface area contributed by atoms with Crippen LogP contribution in [0.5, 0.6) is 0 Å². The first-order valence-electron chi connectivity index (χ1n) is 13.7. The highest BCUT2D eigenvalue weighted by atomic mass is 19.1. The quantitative estimate of drug-likeness (QED) is 0.287. The zero-order valence-electron chi connectivity index (χ0n) is 22.7. The molecule has 2 aliphatic heterocycles. The molecule has 10 heteroatoms. The smallest absolute Gasteiger partial charge is 0.254 e. The van der Waals surface area contributed by atoms with Crippen molar-refractivity contribution in [1.82, 2.24) is 24.6 Å². The van der Waals surface area contributed by atoms with Gasteiger partial charge in [-0.3, -0.25) is 14.1 Å². The molecule has 2 N–H and O–H groups in total. The molecule has 0 spiro atoms. The molecule has 0 bridgehead atoms. The number of amides is 1. The highest BCUT2D eigenvalue weighted by Crippen LogP contribution is 2.35. The van der Waals surface area contributed by atoms with Gasteiger partial charge in [-0.25, -0.2) is 14.4 Å². The fourth-order valence-electron chi connectivity index (χ4n) is 5.62. The molecular weight excluding hydrogens is 511 g/mol. The maximum absolute atomic E-state index is 13.7. The van der Waals surface area contributed by atoms with E-state index in [1.54, 1.807) is 19.5 Å². The number of hydrogen-bond donors (Lipinski definition) is 2. The lowest BCUT2D eigenvalue weighted by molar-refractivity contribution is 0.0966. The van der Waals surface area contributed by atoms with Crippen LogP contribution in [0.15, 0.2) is 48.8 Å². The number of likely N-dealkylation sites (tertiary alicyclic amines) is 1. The Morgan fingerprint density at radius 3 is 2.95 bits per heavy atom. The number of rotatable bonds is 10. The molecule has 9 nitrogen and oxygen atoms in total. The fourth-order valence-corrected chi connectivity index (χ4v) is 5.62. The van der Waals surface area contributed by atoms with Crippen LogP contribution in [0, 0.1) is 5.82 Å². The molecule has 1 atom stereocenters. The molecule has 0 saturated carbocycles. The topological polar surface area (TPSA) is 93.0 Å². The summed E-state index contributed by atoms with van der Waals surface area (Å²) < 4.78 is 26.7. The normalized spacial score (nSPS) is 17.0. The molecule has 2 aliphatic rings. The molecule has 0 radical (unpaired) electrons. The predicted molar refractivity (Wildman–Crippen MR) is 150 cm³/mol. The Labute approximate surface area is 232 Å². The molecule has 0 unspecified atom stereocenters. The van der Waals surface area contributed by atoms with Crippen molar-refractivity contribution >= 4 is 23.1 Å². The number of benzene rings is 1. The van der Waals surface area contributed by atoms with E-state index in [9.17, 15) is 9.18 Å². The summed E-state index contributed by atoms with van der Waals surface area (Å²) in [7, 11) is 1.76. The molecule has 1 saturated heterocycles. The van der Waals surface area contributed by atoms with Crippen LogP contribution in [-0.2, 0) is 29.0 Å². The Bertz CT molecular complexity index is 1550. The summed E-state index contributed by atoms with van der Waals surface area (Å²) in [4.78, 5) is 24.7. The first-order chi connectivity index (χ1) is 19.5. The summed E-state index contributed by atoms with van der Waals surface area (Å²) in [6.45, 7) is 6.29. The van der Waals surface area contributed by atoms with Gasteiger partial charge < -0.3 is 20.1 Å². The zero-order valence-corrected chi connectivity index (χ0v) is 22.7. The van der Waals surface area contributed by atoms with Gasteiger partial charge in [0, 0.05) is 57.7 Å². The standard InChI is InChI=1S/C30H33FN6O3/c1-3-40-13-10-19-4-7-27(35-25(19)18-36-11-9-21(17-36)39-2)34-24-6-5-22(23-15-33-30(38)29(23)24)26-16-32-28-14-20(31)8-12-37(26)28/h4-8,12,14,16,21H,3,9-11,13,15,17-18H2,1-2H3,(H,33,38)(H,34,35)/t21-/m0/s1. The lowest BCUT2D eigenvalue weighted by Gasteiger charge is -2.19. The highest BCUT2D eigenvalue weighted by Gasteiger charge is 2.28. The van der Waals surface area contributed by atoms with E-state index in [0.717, 1.165) is 60.6 Å². The second kappa shape index (κ2) is 11.3. The van der Waals surface area contributed by atoms with Crippen LogP contribution in [-0.4, -0.2) is 64.7 Å². The van der Waals surface area contributed by atoms with Gasteiger partial charge in [-0.1, -0.05) is 12.1 Å². The highest BCUT2D eigenvalue weighted by molar-refractivity contribution is 6.06. The van der Waals surface area contributed by atoms with E-state index in [0.29, 0.717) is 42.5 Å². The third-order valence-corrected chi connectivity index (χ3v) is 7.70. The van der Waals surface area contributed by atoms with Crippen molar-refractivity contribution in [2.75, 3.05) is 38.7 Å². The van der Waals surface area contributed by atoms with Gasteiger partial charge in [-0.15, -0.1) is 0 Å². The number of pyridine rings is 2. The van der Waals surface area contributed by atoms with E-state index >= 15 is 0 Å². The third kappa shape index (κ3) is 5.17. The van der Waals surface area contributed by atoms with Gasteiger partial charge >= 0.3 is 0 Å². The number of ether oxygens (including phenoxy) is 2. The van der Waals surface area contributed by atoms with Crippen molar-refractivity contribution in [3.8, 4) is 11.3 Å². The largest absolute Gasteiger partial charge is 0.381 e. The van der Waals surface area contributed by atoms with Crippen molar-refractivity contribution < 1.29 is 18.7 Å². The molecule has 40 heavy (non-hydrogen) atoms. The van der Waals surface area contributed by atoms with E-state index in [1.807, 2.05) is 29.5 Å². The number of imidazole rings is 1. The van der Waals surface area contributed by atoms with Crippen molar-refractivity contribution in [2.24, 2.45) is 0 Å². The van der Waals surface area contributed by atoms with Gasteiger partial charge in [0.05, 0.1) is 41.5 Å². The molecule has 3 aromatic heterocycles. The number of methoxy groups -OCH3 is 1. The Hall–Kier alpha value is -3.86. The Morgan fingerprint density at radius 2 is 2.12 bits per heavy atom. The monoisotopic (exact) mass is 544 g/mol. The number of hydrogen-bond acceptors (Lipinski definition) is 7. The van der Waals surface area contributed by atoms with E-state index in [4.69, 9.17) is 14.5 Å². The number of carbonyl (C=O) groups is 1. The van der Waals surface area contributed by atoms with Gasteiger partial charge in [-0.05, 0) is 49.1 Å². The molecule has 0 aliphatic carbocycles. The maximum atomic E-state index is 13.7. The lowest BCUT2D eigenvalue weighted by atomic mass is 9.99. The number of carbonyl (C=O) groups excluding carboxylic acids is 1. The predicted octanol–water partition coefficient (Wildman–Crippen LogP) is 4.32. The number of aromatic nitrogens is 3. The van der Waals surface area contributed by atoms with E-state index in [2.05, 4.69) is 26.6 Å². The Balaban J connectivity index is 1.31. The van der Waals surface area contributed by atoms with E-state index < -0.39 is 0 Å². The van der Waals surface area contributed by atoms with Crippen molar-refractivity contribution in [3.63, 3.8) is 0 Å². The minimum atomic E-state index is -0.342. The van der Waals surface area contributed by atoms with Crippen LogP contribution in [0.25, 0.3) is 16.9 Å².